The Balaban J connectivity index is 1.91. The van der Waals surface area contributed by atoms with Gasteiger partial charge in [0.2, 0.25) is 0 Å². The molecule has 0 unspecified atom stereocenters. The number of benzene rings is 1. The summed E-state index contributed by atoms with van der Waals surface area (Å²) in [6.07, 6.45) is 3.86. The van der Waals surface area contributed by atoms with Crippen LogP contribution in [0.5, 0.6) is 0 Å². The molecule has 0 aromatic heterocycles. The maximum Gasteiger partial charge on any atom is 0.0236 e. The Morgan fingerprint density at radius 3 is 2.32 bits per heavy atom. The molecule has 0 radical (unpaired) electrons. The molecule has 106 valence electrons. The lowest BCUT2D eigenvalue weighted by Gasteiger charge is -2.22. The lowest BCUT2D eigenvalue weighted by molar-refractivity contribution is 0.330. The van der Waals surface area contributed by atoms with E-state index >= 15 is 0 Å². The van der Waals surface area contributed by atoms with Gasteiger partial charge in [0, 0.05) is 12.1 Å². The summed E-state index contributed by atoms with van der Waals surface area (Å²) in [4.78, 5) is 2.58. The van der Waals surface area contributed by atoms with Gasteiger partial charge in [0.15, 0.2) is 0 Å². The Morgan fingerprint density at radius 2 is 1.68 bits per heavy atom. The van der Waals surface area contributed by atoms with Gasteiger partial charge >= 0.3 is 0 Å². The van der Waals surface area contributed by atoms with Crippen molar-refractivity contribution in [3.8, 4) is 0 Å². The first-order valence-electron chi connectivity index (χ1n) is 7.59. The molecule has 1 aliphatic rings. The van der Waals surface area contributed by atoms with E-state index in [0.29, 0.717) is 0 Å². The number of nitrogens with one attached hydrogen (secondary N) is 1. The average molecular weight is 260 g/mol. The van der Waals surface area contributed by atoms with Gasteiger partial charge < -0.3 is 5.32 Å². The molecule has 1 aromatic carbocycles. The first-order chi connectivity index (χ1) is 9.04. The molecule has 0 saturated carbocycles. The van der Waals surface area contributed by atoms with Crippen molar-refractivity contribution in [3.05, 3.63) is 35.4 Å². The van der Waals surface area contributed by atoms with Crippen LogP contribution in [-0.2, 0) is 13.0 Å². The van der Waals surface area contributed by atoms with Gasteiger partial charge in [-0.2, -0.15) is 0 Å². The highest BCUT2D eigenvalue weighted by Crippen LogP contribution is 2.16. The molecule has 0 spiro atoms. The van der Waals surface area contributed by atoms with Gasteiger partial charge in [-0.05, 0) is 70.8 Å². The summed E-state index contributed by atoms with van der Waals surface area (Å²) >= 11 is 0. The fourth-order valence-electron chi connectivity index (χ4n) is 2.71. The minimum atomic E-state index is 0.212. The Kier molecular flexibility index (Phi) is 5.00. The number of rotatable bonds is 5. The SMILES string of the molecule is CC(C)(C)NCCc1ccccc1CN1CCCC1. The summed E-state index contributed by atoms with van der Waals surface area (Å²) in [5.74, 6) is 0. The van der Waals surface area contributed by atoms with E-state index < -0.39 is 0 Å². The fraction of sp³-hybridized carbons (Fsp3) is 0.647. The molecular weight excluding hydrogens is 232 g/mol. The highest BCUT2D eigenvalue weighted by molar-refractivity contribution is 5.27. The van der Waals surface area contributed by atoms with Crippen LogP contribution in [0.1, 0.15) is 44.7 Å². The molecule has 2 rings (SSSR count). The van der Waals surface area contributed by atoms with E-state index in [0.717, 1.165) is 19.5 Å². The predicted molar refractivity (Wildman–Crippen MR) is 82.4 cm³/mol. The highest BCUT2D eigenvalue weighted by atomic mass is 15.1. The van der Waals surface area contributed by atoms with Crippen LogP contribution < -0.4 is 5.32 Å². The van der Waals surface area contributed by atoms with Crippen LogP contribution in [0, 0.1) is 0 Å². The number of nitrogens with zero attached hydrogens (tertiary/aromatic N) is 1. The predicted octanol–water partition coefficient (Wildman–Crippen LogP) is 3.21. The first-order valence-corrected chi connectivity index (χ1v) is 7.59. The fourth-order valence-corrected chi connectivity index (χ4v) is 2.71. The van der Waals surface area contributed by atoms with Crippen LogP contribution in [0.2, 0.25) is 0 Å². The quantitative estimate of drug-likeness (QED) is 0.874. The van der Waals surface area contributed by atoms with Gasteiger partial charge in [-0.15, -0.1) is 0 Å². The second kappa shape index (κ2) is 6.53. The molecule has 1 aliphatic heterocycles. The number of hydrogen-bond acceptors (Lipinski definition) is 2. The van der Waals surface area contributed by atoms with E-state index in [1.165, 1.54) is 37.1 Å². The van der Waals surface area contributed by atoms with Crippen LogP contribution >= 0.6 is 0 Å². The van der Waals surface area contributed by atoms with Crippen molar-refractivity contribution < 1.29 is 0 Å². The molecule has 1 heterocycles. The molecule has 1 saturated heterocycles. The largest absolute Gasteiger partial charge is 0.312 e. The van der Waals surface area contributed by atoms with Crippen molar-refractivity contribution >= 4 is 0 Å². The van der Waals surface area contributed by atoms with Gasteiger partial charge in [0.05, 0.1) is 0 Å². The molecule has 1 aromatic rings. The third kappa shape index (κ3) is 4.96. The van der Waals surface area contributed by atoms with Crippen molar-refractivity contribution in [1.29, 1.82) is 0 Å². The maximum absolute atomic E-state index is 3.58. The smallest absolute Gasteiger partial charge is 0.0236 e. The van der Waals surface area contributed by atoms with E-state index in [1.807, 2.05) is 0 Å². The highest BCUT2D eigenvalue weighted by Gasteiger charge is 2.14. The molecule has 0 bridgehead atoms. The molecule has 1 fully saturated rings. The van der Waals surface area contributed by atoms with Crippen LogP contribution in [0.25, 0.3) is 0 Å². The first kappa shape index (κ1) is 14.5. The molecule has 2 heteroatoms. The third-order valence-electron chi connectivity index (χ3n) is 3.76. The topological polar surface area (TPSA) is 15.3 Å². The number of likely N-dealkylation sites (tertiary alicyclic amines) is 1. The minimum absolute atomic E-state index is 0.212. The molecule has 1 N–H and O–H groups in total. The molecule has 0 amide bonds. The normalized spacial score (nSPS) is 17.0. The lowest BCUT2D eigenvalue weighted by Crippen LogP contribution is -2.37. The third-order valence-corrected chi connectivity index (χ3v) is 3.76. The summed E-state index contributed by atoms with van der Waals surface area (Å²) in [6.45, 7) is 11.4. The maximum atomic E-state index is 3.58. The van der Waals surface area contributed by atoms with Gasteiger partial charge in [0.25, 0.3) is 0 Å². The zero-order valence-electron chi connectivity index (χ0n) is 12.7. The van der Waals surface area contributed by atoms with Crippen molar-refractivity contribution in [1.82, 2.24) is 10.2 Å². The van der Waals surface area contributed by atoms with Crippen molar-refractivity contribution in [2.24, 2.45) is 0 Å². The number of hydrogen-bond donors (Lipinski definition) is 1. The molecule has 2 nitrogen and oxygen atoms in total. The van der Waals surface area contributed by atoms with E-state index in [4.69, 9.17) is 0 Å². The van der Waals surface area contributed by atoms with Crippen molar-refractivity contribution in [3.63, 3.8) is 0 Å². The zero-order valence-corrected chi connectivity index (χ0v) is 12.7. The van der Waals surface area contributed by atoms with Crippen LogP contribution in [-0.4, -0.2) is 30.1 Å². The van der Waals surface area contributed by atoms with E-state index in [9.17, 15) is 0 Å². The summed E-state index contributed by atoms with van der Waals surface area (Å²) in [6, 6.07) is 8.92. The summed E-state index contributed by atoms with van der Waals surface area (Å²) < 4.78 is 0. The summed E-state index contributed by atoms with van der Waals surface area (Å²) in [5, 5.41) is 3.58. The van der Waals surface area contributed by atoms with Crippen LogP contribution in [0.3, 0.4) is 0 Å². The Morgan fingerprint density at radius 1 is 1.05 bits per heavy atom. The molecule has 0 atom stereocenters. The molecule has 0 aliphatic carbocycles. The zero-order chi connectivity index (χ0) is 13.7. The molecule has 19 heavy (non-hydrogen) atoms. The van der Waals surface area contributed by atoms with E-state index in [2.05, 4.69) is 55.3 Å². The van der Waals surface area contributed by atoms with Gasteiger partial charge in [0.1, 0.15) is 0 Å². The van der Waals surface area contributed by atoms with Crippen LogP contribution in [0.4, 0.5) is 0 Å². The van der Waals surface area contributed by atoms with Gasteiger partial charge in [-0.3, -0.25) is 4.90 Å². The second-order valence-corrected chi connectivity index (χ2v) is 6.68. The standard InChI is InChI=1S/C17H28N2/c1-17(2,3)18-11-10-15-8-4-5-9-16(15)14-19-12-6-7-13-19/h4-5,8-9,18H,6-7,10-14H2,1-3H3. The van der Waals surface area contributed by atoms with Gasteiger partial charge in [-0.1, -0.05) is 24.3 Å². The van der Waals surface area contributed by atoms with Gasteiger partial charge in [-0.25, -0.2) is 0 Å². The van der Waals surface area contributed by atoms with Crippen molar-refractivity contribution in [2.45, 2.75) is 52.1 Å². The minimum Gasteiger partial charge on any atom is -0.312 e. The van der Waals surface area contributed by atoms with Crippen molar-refractivity contribution in [2.75, 3.05) is 19.6 Å². The Hall–Kier alpha value is -0.860. The lowest BCUT2D eigenvalue weighted by atomic mass is 10.0. The summed E-state index contributed by atoms with van der Waals surface area (Å²) in [7, 11) is 0. The van der Waals surface area contributed by atoms with E-state index in [-0.39, 0.29) is 5.54 Å². The monoisotopic (exact) mass is 260 g/mol. The summed E-state index contributed by atoms with van der Waals surface area (Å²) in [5.41, 5.74) is 3.23. The Labute approximate surface area is 118 Å². The van der Waals surface area contributed by atoms with Crippen LogP contribution in [0.15, 0.2) is 24.3 Å². The Bertz CT molecular complexity index is 386. The molecular formula is C17H28N2. The van der Waals surface area contributed by atoms with E-state index in [1.54, 1.807) is 0 Å². The average Bonchev–Trinajstić information content (AvgIpc) is 2.82. The second-order valence-electron chi connectivity index (χ2n) is 6.68.